The van der Waals surface area contributed by atoms with E-state index in [9.17, 15) is 19.5 Å². The molecule has 6 heteroatoms. The lowest BCUT2D eigenvalue weighted by atomic mass is 9.85. The number of benzene rings is 2. The van der Waals surface area contributed by atoms with Crippen molar-refractivity contribution >= 4 is 29.2 Å². The zero-order chi connectivity index (χ0) is 19.3. The third kappa shape index (κ3) is 4.47. The molecule has 136 valence electrons. The van der Waals surface area contributed by atoms with Gasteiger partial charge in [-0.1, -0.05) is 25.1 Å². The predicted octanol–water partition coefficient (Wildman–Crippen LogP) is 3.65. The highest BCUT2D eigenvalue weighted by atomic mass is 16.4. The van der Waals surface area contributed by atoms with Crippen molar-refractivity contribution in [1.29, 1.82) is 0 Å². The summed E-state index contributed by atoms with van der Waals surface area (Å²) in [7, 11) is 0. The number of carboxylic acid groups (broad SMARTS) is 1. The van der Waals surface area contributed by atoms with Gasteiger partial charge in [-0.15, -0.1) is 0 Å². The minimum Gasteiger partial charge on any atom is -0.481 e. The standard InChI is InChI=1S/C20H22N2O4/c1-4-17(23)21-16-7-5-6-13(12-16)18(24)22-15-10-8-14(9-11-15)20(2,3)19(25)26/h5-12H,4H2,1-3H3,(H,21,23)(H,22,24)(H,25,26). The van der Waals surface area contributed by atoms with Crippen LogP contribution in [0.15, 0.2) is 48.5 Å². The van der Waals surface area contributed by atoms with Crippen molar-refractivity contribution in [1.82, 2.24) is 0 Å². The van der Waals surface area contributed by atoms with Crippen LogP contribution in [0.3, 0.4) is 0 Å². The quantitative estimate of drug-likeness (QED) is 0.738. The largest absolute Gasteiger partial charge is 0.481 e. The van der Waals surface area contributed by atoms with E-state index in [-0.39, 0.29) is 11.8 Å². The monoisotopic (exact) mass is 354 g/mol. The van der Waals surface area contributed by atoms with Crippen LogP contribution in [0.5, 0.6) is 0 Å². The van der Waals surface area contributed by atoms with E-state index in [4.69, 9.17) is 0 Å². The van der Waals surface area contributed by atoms with E-state index >= 15 is 0 Å². The molecule has 26 heavy (non-hydrogen) atoms. The van der Waals surface area contributed by atoms with E-state index in [1.165, 1.54) is 0 Å². The smallest absolute Gasteiger partial charge is 0.313 e. The molecular weight excluding hydrogens is 332 g/mol. The van der Waals surface area contributed by atoms with Gasteiger partial charge in [0.25, 0.3) is 5.91 Å². The summed E-state index contributed by atoms with van der Waals surface area (Å²) in [5.74, 6) is -1.36. The van der Waals surface area contributed by atoms with Crippen LogP contribution in [0, 0.1) is 0 Å². The van der Waals surface area contributed by atoms with Crippen LogP contribution in [-0.2, 0) is 15.0 Å². The first-order chi connectivity index (χ1) is 12.2. The maximum absolute atomic E-state index is 12.4. The van der Waals surface area contributed by atoms with E-state index in [0.717, 1.165) is 0 Å². The average Bonchev–Trinajstić information content (AvgIpc) is 2.62. The van der Waals surface area contributed by atoms with Gasteiger partial charge in [-0.25, -0.2) is 0 Å². The second-order valence-electron chi connectivity index (χ2n) is 6.44. The van der Waals surface area contributed by atoms with Gasteiger partial charge in [-0.3, -0.25) is 14.4 Å². The van der Waals surface area contributed by atoms with Crippen molar-refractivity contribution in [3.05, 3.63) is 59.7 Å². The lowest BCUT2D eigenvalue weighted by molar-refractivity contribution is -0.142. The Kier molecular flexibility index (Phi) is 5.77. The van der Waals surface area contributed by atoms with Gasteiger partial charge in [0.1, 0.15) is 0 Å². The highest BCUT2D eigenvalue weighted by Crippen LogP contribution is 2.25. The number of aliphatic carboxylic acids is 1. The van der Waals surface area contributed by atoms with Gasteiger partial charge in [0.05, 0.1) is 5.41 Å². The van der Waals surface area contributed by atoms with Gasteiger partial charge in [0, 0.05) is 23.4 Å². The Morgan fingerprint density at radius 1 is 0.962 bits per heavy atom. The Bertz CT molecular complexity index is 826. The number of carbonyl (C=O) groups excluding carboxylic acids is 2. The molecule has 2 aromatic carbocycles. The molecule has 2 rings (SSSR count). The van der Waals surface area contributed by atoms with E-state index in [0.29, 0.717) is 28.9 Å². The lowest BCUT2D eigenvalue weighted by Crippen LogP contribution is -2.28. The van der Waals surface area contributed by atoms with Crippen molar-refractivity contribution in [2.45, 2.75) is 32.6 Å². The average molecular weight is 354 g/mol. The molecule has 3 N–H and O–H groups in total. The predicted molar refractivity (Wildman–Crippen MR) is 100 cm³/mol. The summed E-state index contributed by atoms with van der Waals surface area (Å²) in [4.78, 5) is 35.2. The lowest BCUT2D eigenvalue weighted by Gasteiger charge is -2.19. The third-order valence-electron chi connectivity index (χ3n) is 4.13. The number of hydrogen-bond donors (Lipinski definition) is 3. The molecule has 0 saturated carbocycles. The molecule has 0 spiro atoms. The van der Waals surface area contributed by atoms with Crippen LogP contribution < -0.4 is 10.6 Å². The highest BCUT2D eigenvalue weighted by Gasteiger charge is 2.29. The van der Waals surface area contributed by atoms with Crippen molar-refractivity contribution in [2.75, 3.05) is 10.6 Å². The number of rotatable bonds is 6. The Balaban J connectivity index is 2.12. The van der Waals surface area contributed by atoms with Gasteiger partial charge >= 0.3 is 5.97 Å². The van der Waals surface area contributed by atoms with Gasteiger partial charge in [-0.2, -0.15) is 0 Å². The molecule has 0 aromatic heterocycles. The van der Waals surface area contributed by atoms with Crippen LogP contribution in [0.1, 0.15) is 43.1 Å². The SMILES string of the molecule is CCC(=O)Nc1cccc(C(=O)Nc2ccc(C(C)(C)C(=O)O)cc2)c1. The van der Waals surface area contributed by atoms with Gasteiger partial charge in [0.15, 0.2) is 0 Å². The summed E-state index contributed by atoms with van der Waals surface area (Å²) in [5, 5.41) is 14.7. The molecule has 0 aliphatic carbocycles. The van der Waals surface area contributed by atoms with Crippen molar-refractivity contribution in [2.24, 2.45) is 0 Å². The molecule has 0 bridgehead atoms. The second-order valence-corrected chi connectivity index (χ2v) is 6.44. The molecular formula is C20H22N2O4. The van der Waals surface area contributed by atoms with E-state index in [1.54, 1.807) is 69.3 Å². The number of nitrogens with one attached hydrogen (secondary N) is 2. The zero-order valence-corrected chi connectivity index (χ0v) is 15.0. The van der Waals surface area contributed by atoms with Gasteiger partial charge in [-0.05, 0) is 49.7 Å². The summed E-state index contributed by atoms with van der Waals surface area (Å²) in [6.07, 6.45) is 0.357. The summed E-state index contributed by atoms with van der Waals surface area (Å²) in [6.45, 7) is 5.00. The Hall–Kier alpha value is -3.15. The van der Waals surface area contributed by atoms with Gasteiger partial charge < -0.3 is 15.7 Å². The third-order valence-corrected chi connectivity index (χ3v) is 4.13. The summed E-state index contributed by atoms with van der Waals surface area (Å²) in [6, 6.07) is 13.4. The maximum atomic E-state index is 12.4. The Morgan fingerprint density at radius 3 is 2.19 bits per heavy atom. The number of hydrogen-bond acceptors (Lipinski definition) is 3. The molecule has 0 fully saturated rings. The van der Waals surface area contributed by atoms with Crippen LogP contribution in [-0.4, -0.2) is 22.9 Å². The second kappa shape index (κ2) is 7.82. The number of carbonyl (C=O) groups is 3. The van der Waals surface area contributed by atoms with Crippen molar-refractivity contribution in [3.8, 4) is 0 Å². The first kappa shape index (κ1) is 19.2. The zero-order valence-electron chi connectivity index (χ0n) is 15.0. The Labute approximate surface area is 152 Å². The molecule has 2 aromatic rings. The molecule has 0 saturated heterocycles. The van der Waals surface area contributed by atoms with Crippen molar-refractivity contribution in [3.63, 3.8) is 0 Å². The minimum absolute atomic E-state index is 0.126. The molecule has 0 aliphatic heterocycles. The van der Waals surface area contributed by atoms with E-state index < -0.39 is 11.4 Å². The fourth-order valence-electron chi connectivity index (χ4n) is 2.28. The first-order valence-corrected chi connectivity index (χ1v) is 8.29. The van der Waals surface area contributed by atoms with E-state index in [2.05, 4.69) is 10.6 Å². The molecule has 0 atom stereocenters. The fourth-order valence-corrected chi connectivity index (χ4v) is 2.28. The number of carboxylic acids is 1. The first-order valence-electron chi connectivity index (χ1n) is 8.29. The summed E-state index contributed by atoms with van der Waals surface area (Å²) < 4.78 is 0. The summed E-state index contributed by atoms with van der Waals surface area (Å²) in [5.41, 5.74) is 1.17. The normalized spacial score (nSPS) is 10.9. The number of amides is 2. The number of anilines is 2. The minimum atomic E-state index is -1.01. The molecule has 0 radical (unpaired) electrons. The van der Waals surface area contributed by atoms with Gasteiger partial charge in [0.2, 0.25) is 5.91 Å². The van der Waals surface area contributed by atoms with Crippen molar-refractivity contribution < 1.29 is 19.5 Å². The molecule has 0 unspecified atom stereocenters. The van der Waals surface area contributed by atoms with E-state index in [1.807, 2.05) is 0 Å². The van der Waals surface area contributed by atoms with Crippen LogP contribution in [0.2, 0.25) is 0 Å². The Morgan fingerprint density at radius 2 is 1.62 bits per heavy atom. The molecule has 0 heterocycles. The molecule has 6 nitrogen and oxygen atoms in total. The highest BCUT2D eigenvalue weighted by molar-refractivity contribution is 6.05. The van der Waals surface area contributed by atoms with Crippen LogP contribution in [0.4, 0.5) is 11.4 Å². The summed E-state index contributed by atoms with van der Waals surface area (Å²) >= 11 is 0. The van der Waals surface area contributed by atoms with Crippen LogP contribution >= 0.6 is 0 Å². The molecule has 0 aliphatic rings. The van der Waals surface area contributed by atoms with Crippen LogP contribution in [0.25, 0.3) is 0 Å². The topological polar surface area (TPSA) is 95.5 Å². The fraction of sp³-hybridized carbons (Fsp3) is 0.250. The molecule has 2 amide bonds. The maximum Gasteiger partial charge on any atom is 0.313 e.